The smallest absolute Gasteiger partial charge is 0.193 e. The quantitative estimate of drug-likeness (QED) is 0.458. The van der Waals surface area contributed by atoms with Gasteiger partial charge in [0, 0.05) is 16.8 Å². The molecule has 1 atom stereocenters. The number of hydrogen-bond acceptors (Lipinski definition) is 3. The van der Waals surface area contributed by atoms with Gasteiger partial charge in [-0.1, -0.05) is 60.7 Å². The first-order valence-corrected chi connectivity index (χ1v) is 9.73. The predicted molar refractivity (Wildman–Crippen MR) is 118 cm³/mol. The van der Waals surface area contributed by atoms with E-state index in [-0.39, 0.29) is 11.8 Å². The number of thiocarbonyl (C=S) groups is 1. The number of hydrogen-bond donors (Lipinski definition) is 2. The Morgan fingerprint density at radius 2 is 1.55 bits per heavy atom. The predicted octanol–water partition coefficient (Wildman–Crippen LogP) is 5.15. The van der Waals surface area contributed by atoms with Gasteiger partial charge >= 0.3 is 0 Å². The lowest BCUT2D eigenvalue weighted by Gasteiger charge is -2.30. The van der Waals surface area contributed by atoms with E-state index in [1.54, 1.807) is 0 Å². The number of Topliss-reactive ketones (excluding diaryl/α,β-unsaturated/α-hetero) is 1. The van der Waals surface area contributed by atoms with Gasteiger partial charge in [0.2, 0.25) is 0 Å². The summed E-state index contributed by atoms with van der Waals surface area (Å²) in [5.41, 5.74) is 2.93. The summed E-state index contributed by atoms with van der Waals surface area (Å²) in [6.45, 7) is 1.88. The van der Waals surface area contributed by atoms with Crippen LogP contribution in [0.5, 0.6) is 11.5 Å². The molecule has 0 saturated carbocycles. The molecule has 0 fully saturated rings. The minimum atomic E-state index is -0.365. The topological polar surface area (TPSA) is 50.4 Å². The number of benzene rings is 3. The number of ether oxygens (including phenoxy) is 1. The minimum absolute atomic E-state index is 0.0371. The highest BCUT2D eigenvalue weighted by Crippen LogP contribution is 2.32. The first-order valence-electron chi connectivity index (χ1n) is 9.33. The van der Waals surface area contributed by atoms with Crippen molar-refractivity contribution in [1.82, 2.24) is 10.6 Å². The Bertz CT molecular complexity index is 1080. The molecule has 0 unspecified atom stereocenters. The molecular weight excluding hydrogens is 380 g/mol. The standard InChI is InChI=1S/C24H20N2O2S/c1-16-21(23(27)17-9-4-2-5-10-17)22(26-24(29)25-16)18-11-8-14-20(15-18)28-19-12-6-3-7-13-19/h2-15,22H,1H3,(H2,25,26,29)/t22-/m0/s1. The van der Waals surface area contributed by atoms with Crippen LogP contribution in [-0.4, -0.2) is 10.9 Å². The Hall–Kier alpha value is -3.44. The lowest BCUT2D eigenvalue weighted by molar-refractivity contribution is 0.102. The highest BCUT2D eigenvalue weighted by Gasteiger charge is 2.30. The second-order valence-corrected chi connectivity index (χ2v) is 7.16. The molecule has 3 aromatic rings. The van der Waals surface area contributed by atoms with Crippen molar-refractivity contribution >= 4 is 23.1 Å². The molecule has 0 aromatic heterocycles. The maximum atomic E-state index is 13.3. The van der Waals surface area contributed by atoms with E-state index in [0.717, 1.165) is 17.0 Å². The molecule has 1 aliphatic rings. The first kappa shape index (κ1) is 18.9. The van der Waals surface area contributed by atoms with E-state index in [0.29, 0.717) is 22.0 Å². The van der Waals surface area contributed by atoms with Gasteiger partial charge in [-0.05, 0) is 49.0 Å². The van der Waals surface area contributed by atoms with Crippen molar-refractivity contribution in [2.45, 2.75) is 13.0 Å². The van der Waals surface area contributed by atoms with E-state index < -0.39 is 0 Å². The van der Waals surface area contributed by atoms with Crippen molar-refractivity contribution in [2.24, 2.45) is 0 Å². The molecule has 0 spiro atoms. The summed E-state index contributed by atoms with van der Waals surface area (Å²) < 4.78 is 5.97. The number of allylic oxidation sites excluding steroid dienone is 1. The highest BCUT2D eigenvalue weighted by atomic mass is 32.1. The maximum absolute atomic E-state index is 13.3. The van der Waals surface area contributed by atoms with E-state index in [9.17, 15) is 4.79 Å². The van der Waals surface area contributed by atoms with E-state index in [1.165, 1.54) is 0 Å². The lowest BCUT2D eigenvalue weighted by Crippen LogP contribution is -2.44. The number of carbonyl (C=O) groups excluding carboxylic acids is 1. The number of ketones is 1. The maximum Gasteiger partial charge on any atom is 0.193 e. The third-order valence-electron chi connectivity index (χ3n) is 4.72. The summed E-state index contributed by atoms with van der Waals surface area (Å²) in [5, 5.41) is 6.82. The van der Waals surface area contributed by atoms with Gasteiger partial charge in [-0.15, -0.1) is 0 Å². The molecular formula is C24H20N2O2S. The van der Waals surface area contributed by atoms with Crippen LogP contribution in [0.2, 0.25) is 0 Å². The highest BCUT2D eigenvalue weighted by molar-refractivity contribution is 7.80. The molecule has 0 radical (unpaired) electrons. The van der Waals surface area contributed by atoms with Crippen molar-refractivity contribution in [3.05, 3.63) is 107 Å². The van der Waals surface area contributed by atoms with Crippen LogP contribution in [0.4, 0.5) is 0 Å². The molecule has 2 N–H and O–H groups in total. The molecule has 1 heterocycles. The first-order chi connectivity index (χ1) is 14.1. The van der Waals surface area contributed by atoms with Gasteiger partial charge in [-0.2, -0.15) is 0 Å². The van der Waals surface area contributed by atoms with E-state index in [2.05, 4.69) is 10.6 Å². The van der Waals surface area contributed by atoms with Crippen molar-refractivity contribution in [3.63, 3.8) is 0 Å². The van der Waals surface area contributed by atoms with Gasteiger partial charge in [0.15, 0.2) is 10.9 Å². The number of carbonyl (C=O) groups is 1. The van der Waals surface area contributed by atoms with Crippen molar-refractivity contribution in [2.75, 3.05) is 0 Å². The molecule has 0 amide bonds. The molecule has 0 bridgehead atoms. The van der Waals surface area contributed by atoms with Crippen LogP contribution < -0.4 is 15.4 Å². The number of nitrogens with one attached hydrogen (secondary N) is 2. The summed E-state index contributed by atoms with van der Waals surface area (Å²) >= 11 is 5.35. The molecule has 3 aromatic carbocycles. The van der Waals surface area contributed by atoms with Crippen molar-refractivity contribution in [1.29, 1.82) is 0 Å². The van der Waals surface area contributed by atoms with Crippen LogP contribution in [0, 0.1) is 0 Å². The molecule has 5 heteroatoms. The number of para-hydroxylation sites is 1. The number of rotatable bonds is 5. The molecule has 0 aliphatic carbocycles. The summed E-state index contributed by atoms with van der Waals surface area (Å²) in [5.74, 6) is 1.42. The Balaban J connectivity index is 1.70. The average Bonchev–Trinajstić information content (AvgIpc) is 2.74. The Labute approximate surface area is 175 Å². The summed E-state index contributed by atoms with van der Waals surface area (Å²) in [4.78, 5) is 13.3. The van der Waals surface area contributed by atoms with Crippen LogP contribution in [0.3, 0.4) is 0 Å². The van der Waals surface area contributed by atoms with Gasteiger partial charge in [-0.25, -0.2) is 0 Å². The third-order valence-corrected chi connectivity index (χ3v) is 4.94. The zero-order chi connectivity index (χ0) is 20.2. The van der Waals surface area contributed by atoms with Crippen molar-refractivity contribution < 1.29 is 9.53 Å². The van der Waals surface area contributed by atoms with E-state index in [4.69, 9.17) is 17.0 Å². The SMILES string of the molecule is CC1=C(C(=O)c2ccccc2)[C@H](c2cccc(Oc3ccccc3)c2)NC(=S)N1. The second-order valence-electron chi connectivity index (χ2n) is 6.75. The summed E-state index contributed by atoms with van der Waals surface area (Å²) in [6.07, 6.45) is 0. The van der Waals surface area contributed by atoms with Crippen LogP contribution in [0.15, 0.2) is 96.2 Å². The van der Waals surface area contributed by atoms with Crippen LogP contribution in [0.25, 0.3) is 0 Å². The van der Waals surface area contributed by atoms with Gasteiger partial charge in [0.1, 0.15) is 11.5 Å². The second kappa shape index (κ2) is 8.29. The molecule has 1 aliphatic heterocycles. The molecule has 4 nitrogen and oxygen atoms in total. The van der Waals surface area contributed by atoms with E-state index in [1.807, 2.05) is 91.9 Å². The monoisotopic (exact) mass is 400 g/mol. The Morgan fingerprint density at radius 1 is 0.897 bits per heavy atom. The normalized spacial score (nSPS) is 16.0. The molecule has 144 valence electrons. The van der Waals surface area contributed by atoms with Gasteiger partial charge in [0.25, 0.3) is 0 Å². The molecule has 29 heavy (non-hydrogen) atoms. The summed E-state index contributed by atoms with van der Waals surface area (Å²) in [6, 6.07) is 26.2. The zero-order valence-electron chi connectivity index (χ0n) is 15.9. The summed E-state index contributed by atoms with van der Waals surface area (Å²) in [7, 11) is 0. The van der Waals surface area contributed by atoms with Gasteiger partial charge in [0.05, 0.1) is 6.04 Å². The Morgan fingerprint density at radius 3 is 2.28 bits per heavy atom. The van der Waals surface area contributed by atoms with Crippen LogP contribution in [0.1, 0.15) is 28.9 Å². The van der Waals surface area contributed by atoms with Gasteiger partial charge < -0.3 is 15.4 Å². The van der Waals surface area contributed by atoms with E-state index >= 15 is 0 Å². The molecule has 4 rings (SSSR count). The lowest BCUT2D eigenvalue weighted by atomic mass is 9.89. The van der Waals surface area contributed by atoms with Crippen LogP contribution >= 0.6 is 12.2 Å². The largest absolute Gasteiger partial charge is 0.457 e. The fraction of sp³-hybridized carbons (Fsp3) is 0.0833. The van der Waals surface area contributed by atoms with Crippen molar-refractivity contribution in [3.8, 4) is 11.5 Å². The fourth-order valence-electron chi connectivity index (χ4n) is 3.37. The van der Waals surface area contributed by atoms with Gasteiger partial charge in [-0.3, -0.25) is 4.79 Å². The molecule has 0 saturated heterocycles. The fourth-order valence-corrected chi connectivity index (χ4v) is 3.64. The average molecular weight is 401 g/mol. The third kappa shape index (κ3) is 4.20. The Kier molecular flexibility index (Phi) is 5.40. The van der Waals surface area contributed by atoms with Crippen LogP contribution in [-0.2, 0) is 0 Å². The zero-order valence-corrected chi connectivity index (χ0v) is 16.7. The minimum Gasteiger partial charge on any atom is -0.457 e.